The van der Waals surface area contributed by atoms with Crippen LogP contribution in [0.4, 0.5) is 11.4 Å². The first-order valence-electron chi connectivity index (χ1n) is 5.95. The maximum atomic E-state index is 5.95. The Morgan fingerprint density at radius 1 is 1.39 bits per heavy atom. The van der Waals surface area contributed by atoms with Crippen LogP contribution in [-0.4, -0.2) is 27.3 Å². The Morgan fingerprint density at radius 3 is 2.78 bits per heavy atom. The lowest BCUT2D eigenvalue weighted by atomic mass is 10.1. The molecule has 6 nitrogen and oxygen atoms in total. The number of rotatable bonds is 4. The summed E-state index contributed by atoms with van der Waals surface area (Å²) >= 11 is 0. The van der Waals surface area contributed by atoms with Gasteiger partial charge in [0.25, 0.3) is 0 Å². The molecule has 0 saturated heterocycles. The molecule has 2 aromatic rings. The monoisotopic (exact) mass is 246 g/mol. The fraction of sp³-hybridized carbons (Fsp3) is 0.417. The Balaban J connectivity index is 2.37. The van der Waals surface area contributed by atoms with Crippen molar-refractivity contribution < 1.29 is 0 Å². The molecule has 0 bridgehead atoms. The van der Waals surface area contributed by atoms with Crippen LogP contribution in [0, 0.1) is 5.92 Å². The molecule has 2 rings (SSSR count). The Bertz CT molecular complexity index is 531. The van der Waals surface area contributed by atoms with Crippen LogP contribution in [0.5, 0.6) is 0 Å². The summed E-state index contributed by atoms with van der Waals surface area (Å²) in [5.41, 5.74) is 8.47. The zero-order valence-corrected chi connectivity index (χ0v) is 10.9. The van der Waals surface area contributed by atoms with Gasteiger partial charge in [-0.15, -0.1) is 5.10 Å². The van der Waals surface area contributed by atoms with Gasteiger partial charge < -0.3 is 11.1 Å². The van der Waals surface area contributed by atoms with Crippen molar-refractivity contribution in [3.63, 3.8) is 0 Å². The lowest BCUT2D eigenvalue weighted by molar-refractivity contribution is 0.475. The van der Waals surface area contributed by atoms with E-state index in [-0.39, 0.29) is 0 Å². The Hall–Kier alpha value is -2.11. The molecule has 0 aliphatic carbocycles. The van der Waals surface area contributed by atoms with Gasteiger partial charge in [0, 0.05) is 19.2 Å². The van der Waals surface area contributed by atoms with Crippen LogP contribution in [0.1, 0.15) is 13.8 Å². The van der Waals surface area contributed by atoms with Gasteiger partial charge in [-0.3, -0.25) is 0 Å². The highest BCUT2D eigenvalue weighted by molar-refractivity contribution is 5.73. The first-order chi connectivity index (χ1) is 8.61. The van der Waals surface area contributed by atoms with Crippen molar-refractivity contribution in [1.82, 2.24) is 20.2 Å². The van der Waals surface area contributed by atoms with Crippen LogP contribution >= 0.6 is 0 Å². The molecule has 1 aromatic carbocycles. The lowest BCUT2D eigenvalue weighted by Crippen LogP contribution is -2.08. The van der Waals surface area contributed by atoms with Gasteiger partial charge in [-0.2, -0.15) is 0 Å². The van der Waals surface area contributed by atoms with Gasteiger partial charge in [-0.25, -0.2) is 4.68 Å². The molecule has 0 spiro atoms. The Morgan fingerprint density at radius 2 is 2.17 bits per heavy atom. The van der Waals surface area contributed by atoms with Crippen LogP contribution in [0.2, 0.25) is 0 Å². The first-order valence-corrected chi connectivity index (χ1v) is 5.95. The van der Waals surface area contributed by atoms with E-state index < -0.39 is 0 Å². The standard InChI is InChI=1S/C12H18N6/c1-8(2)7-18-12(15-16-17-18)9-4-5-11(14-3)10(13)6-9/h4-6,8,14H,7,13H2,1-3H3. The predicted octanol–water partition coefficient (Wildman–Crippen LogP) is 1.62. The molecule has 0 unspecified atom stereocenters. The van der Waals surface area contributed by atoms with Gasteiger partial charge in [0.05, 0.1) is 11.4 Å². The summed E-state index contributed by atoms with van der Waals surface area (Å²) in [5.74, 6) is 1.24. The molecule has 1 aromatic heterocycles. The SMILES string of the molecule is CNc1ccc(-c2nnnn2CC(C)C)cc1N. The second-order valence-electron chi connectivity index (χ2n) is 4.63. The molecule has 1 heterocycles. The van der Waals surface area contributed by atoms with E-state index in [1.165, 1.54) is 0 Å². The lowest BCUT2D eigenvalue weighted by Gasteiger charge is -2.09. The van der Waals surface area contributed by atoms with E-state index in [4.69, 9.17) is 5.73 Å². The third-order valence-corrected chi connectivity index (χ3v) is 2.65. The van der Waals surface area contributed by atoms with Crippen LogP contribution in [-0.2, 0) is 6.54 Å². The van der Waals surface area contributed by atoms with Crippen molar-refractivity contribution in [3.05, 3.63) is 18.2 Å². The normalized spacial score (nSPS) is 10.9. The zero-order chi connectivity index (χ0) is 13.1. The molecule has 0 atom stereocenters. The minimum absolute atomic E-state index is 0.487. The summed E-state index contributed by atoms with van der Waals surface area (Å²) in [6.07, 6.45) is 0. The molecule has 0 amide bonds. The quantitative estimate of drug-likeness (QED) is 0.801. The highest BCUT2D eigenvalue weighted by atomic mass is 15.5. The average molecular weight is 246 g/mol. The molecule has 0 fully saturated rings. The summed E-state index contributed by atoms with van der Waals surface area (Å²) in [7, 11) is 1.84. The van der Waals surface area contributed by atoms with E-state index in [0.29, 0.717) is 11.6 Å². The third-order valence-electron chi connectivity index (χ3n) is 2.65. The van der Waals surface area contributed by atoms with Gasteiger partial charge in [-0.05, 0) is 34.5 Å². The summed E-state index contributed by atoms with van der Waals surface area (Å²) in [4.78, 5) is 0. The Labute approximate surface area is 106 Å². The van der Waals surface area contributed by atoms with Gasteiger partial charge >= 0.3 is 0 Å². The van der Waals surface area contributed by atoms with E-state index in [9.17, 15) is 0 Å². The molecule has 96 valence electrons. The molecule has 6 heteroatoms. The fourth-order valence-corrected chi connectivity index (χ4v) is 1.81. The summed E-state index contributed by atoms with van der Waals surface area (Å²) in [6.45, 7) is 5.05. The van der Waals surface area contributed by atoms with E-state index in [1.807, 2.05) is 25.2 Å². The number of tetrazole rings is 1. The number of nitrogens with two attached hydrogens (primary N) is 1. The van der Waals surface area contributed by atoms with Gasteiger partial charge in [-0.1, -0.05) is 13.8 Å². The smallest absolute Gasteiger partial charge is 0.182 e. The maximum Gasteiger partial charge on any atom is 0.182 e. The van der Waals surface area contributed by atoms with Crippen molar-refractivity contribution in [2.24, 2.45) is 5.92 Å². The van der Waals surface area contributed by atoms with Gasteiger partial charge in [0.2, 0.25) is 0 Å². The van der Waals surface area contributed by atoms with Crippen molar-refractivity contribution in [2.45, 2.75) is 20.4 Å². The third kappa shape index (κ3) is 2.42. The summed E-state index contributed by atoms with van der Waals surface area (Å²) in [6, 6.07) is 5.78. The number of nitrogens with one attached hydrogen (secondary N) is 1. The Kier molecular flexibility index (Phi) is 3.45. The predicted molar refractivity (Wildman–Crippen MR) is 72.1 cm³/mol. The number of aromatic nitrogens is 4. The number of nitrogens with zero attached hydrogens (tertiary/aromatic N) is 4. The van der Waals surface area contributed by atoms with Crippen molar-refractivity contribution in [1.29, 1.82) is 0 Å². The number of nitrogen functional groups attached to an aromatic ring is 1. The second-order valence-corrected chi connectivity index (χ2v) is 4.63. The minimum atomic E-state index is 0.487. The van der Waals surface area contributed by atoms with Gasteiger partial charge in [0.15, 0.2) is 5.82 Å². The molecule has 0 aliphatic rings. The first kappa shape index (κ1) is 12.3. The number of anilines is 2. The van der Waals surface area contributed by atoms with Crippen molar-refractivity contribution in [3.8, 4) is 11.4 Å². The highest BCUT2D eigenvalue weighted by Crippen LogP contribution is 2.25. The topological polar surface area (TPSA) is 81.7 Å². The van der Waals surface area contributed by atoms with Crippen LogP contribution in [0.25, 0.3) is 11.4 Å². The van der Waals surface area contributed by atoms with Crippen LogP contribution < -0.4 is 11.1 Å². The molecular weight excluding hydrogens is 228 g/mol. The number of hydrogen-bond donors (Lipinski definition) is 2. The largest absolute Gasteiger partial charge is 0.397 e. The van der Waals surface area contributed by atoms with Crippen molar-refractivity contribution >= 4 is 11.4 Å². The second kappa shape index (κ2) is 5.03. The van der Waals surface area contributed by atoms with E-state index in [1.54, 1.807) is 4.68 Å². The maximum absolute atomic E-state index is 5.95. The minimum Gasteiger partial charge on any atom is -0.397 e. The highest BCUT2D eigenvalue weighted by Gasteiger charge is 2.11. The number of hydrogen-bond acceptors (Lipinski definition) is 5. The zero-order valence-electron chi connectivity index (χ0n) is 10.9. The molecular formula is C12H18N6. The van der Waals surface area contributed by atoms with E-state index in [0.717, 1.165) is 23.6 Å². The molecule has 0 saturated carbocycles. The molecule has 18 heavy (non-hydrogen) atoms. The summed E-state index contributed by atoms with van der Waals surface area (Å²) in [5, 5.41) is 14.8. The fourth-order valence-electron chi connectivity index (χ4n) is 1.81. The van der Waals surface area contributed by atoms with E-state index in [2.05, 4.69) is 34.7 Å². The molecule has 0 radical (unpaired) electrons. The molecule has 0 aliphatic heterocycles. The van der Waals surface area contributed by atoms with Gasteiger partial charge in [0.1, 0.15) is 0 Å². The molecule has 3 N–H and O–H groups in total. The van der Waals surface area contributed by atoms with Crippen LogP contribution in [0.3, 0.4) is 0 Å². The van der Waals surface area contributed by atoms with Crippen molar-refractivity contribution in [2.75, 3.05) is 18.1 Å². The van der Waals surface area contributed by atoms with E-state index >= 15 is 0 Å². The van der Waals surface area contributed by atoms with Crippen LogP contribution in [0.15, 0.2) is 18.2 Å². The average Bonchev–Trinajstić information content (AvgIpc) is 2.76. The summed E-state index contributed by atoms with van der Waals surface area (Å²) < 4.78 is 1.80. The number of benzene rings is 1.